The van der Waals surface area contributed by atoms with E-state index in [0.29, 0.717) is 15.5 Å². The largest absolute Gasteiger partial charge is 0.334 e. The van der Waals surface area contributed by atoms with Crippen molar-refractivity contribution in [3.63, 3.8) is 0 Å². The number of carbonyl (C=O) groups excluding carboxylic acids is 1. The van der Waals surface area contributed by atoms with Crippen LogP contribution in [0, 0.1) is 0 Å². The SMILES string of the molecule is CCC1CCCCCN1C(=O)c1nnc(Cl)s1. The highest BCUT2D eigenvalue weighted by molar-refractivity contribution is 7.17. The topological polar surface area (TPSA) is 46.1 Å². The van der Waals surface area contributed by atoms with Crippen LogP contribution in [0.3, 0.4) is 0 Å². The lowest BCUT2D eigenvalue weighted by atomic mass is 10.1. The molecule has 0 bridgehead atoms. The fraction of sp³-hybridized carbons (Fsp3) is 0.727. The Kier molecular flexibility index (Phi) is 4.34. The number of carbonyl (C=O) groups is 1. The summed E-state index contributed by atoms with van der Waals surface area (Å²) in [6.07, 6.45) is 5.58. The highest BCUT2D eigenvalue weighted by Gasteiger charge is 2.27. The van der Waals surface area contributed by atoms with E-state index in [4.69, 9.17) is 11.6 Å². The number of rotatable bonds is 2. The lowest BCUT2D eigenvalue weighted by Gasteiger charge is -2.28. The third-order valence-electron chi connectivity index (χ3n) is 3.19. The van der Waals surface area contributed by atoms with E-state index in [1.54, 1.807) is 0 Å². The monoisotopic (exact) mass is 273 g/mol. The van der Waals surface area contributed by atoms with Gasteiger partial charge in [-0.25, -0.2) is 0 Å². The van der Waals surface area contributed by atoms with E-state index < -0.39 is 0 Å². The van der Waals surface area contributed by atoms with Crippen molar-refractivity contribution < 1.29 is 4.79 Å². The molecule has 1 amide bonds. The minimum absolute atomic E-state index is 0.0110. The van der Waals surface area contributed by atoms with Crippen molar-refractivity contribution in [3.8, 4) is 0 Å². The van der Waals surface area contributed by atoms with Gasteiger partial charge >= 0.3 is 0 Å². The van der Waals surface area contributed by atoms with Crippen molar-refractivity contribution >= 4 is 28.8 Å². The Hall–Kier alpha value is -0.680. The van der Waals surface area contributed by atoms with E-state index in [9.17, 15) is 4.79 Å². The van der Waals surface area contributed by atoms with Crippen LogP contribution in [0.2, 0.25) is 4.47 Å². The maximum atomic E-state index is 12.3. The van der Waals surface area contributed by atoms with Crippen molar-refractivity contribution in [2.75, 3.05) is 6.54 Å². The summed E-state index contributed by atoms with van der Waals surface area (Å²) < 4.78 is 0.330. The first kappa shape index (κ1) is 12.8. The molecule has 2 rings (SSSR count). The second kappa shape index (κ2) is 5.78. The predicted molar refractivity (Wildman–Crippen MR) is 68.5 cm³/mol. The molecule has 0 N–H and O–H groups in total. The number of amides is 1. The molecule has 0 radical (unpaired) electrons. The van der Waals surface area contributed by atoms with Crippen LogP contribution >= 0.6 is 22.9 Å². The molecule has 0 aromatic carbocycles. The summed E-state index contributed by atoms with van der Waals surface area (Å²) in [5.74, 6) is -0.0110. The second-order valence-corrected chi connectivity index (χ2v) is 5.83. The summed E-state index contributed by atoms with van der Waals surface area (Å²) in [6.45, 7) is 2.96. The van der Waals surface area contributed by atoms with Crippen LogP contribution in [-0.2, 0) is 0 Å². The van der Waals surface area contributed by atoms with Gasteiger partial charge in [0.25, 0.3) is 5.91 Å². The second-order valence-electron chi connectivity index (χ2n) is 4.27. The van der Waals surface area contributed by atoms with E-state index in [1.165, 1.54) is 12.8 Å². The number of nitrogens with zero attached hydrogens (tertiary/aromatic N) is 3. The fourth-order valence-electron chi connectivity index (χ4n) is 2.28. The fourth-order valence-corrected chi connectivity index (χ4v) is 3.07. The molecule has 6 heteroatoms. The average Bonchev–Trinajstić information content (AvgIpc) is 2.64. The van der Waals surface area contributed by atoms with Crippen LogP contribution in [0.4, 0.5) is 0 Å². The maximum Gasteiger partial charge on any atom is 0.285 e. The number of hydrogen-bond acceptors (Lipinski definition) is 4. The Balaban J connectivity index is 2.15. The Labute approximate surface area is 110 Å². The van der Waals surface area contributed by atoms with Gasteiger partial charge in [-0.05, 0) is 30.9 Å². The molecule has 1 aromatic rings. The quantitative estimate of drug-likeness (QED) is 0.832. The zero-order valence-electron chi connectivity index (χ0n) is 9.86. The van der Waals surface area contributed by atoms with Gasteiger partial charge in [0.2, 0.25) is 9.47 Å². The molecule has 0 aliphatic carbocycles. The lowest BCUT2D eigenvalue weighted by molar-refractivity contribution is 0.0677. The standard InChI is InChI=1S/C11H16ClN3OS/c1-2-8-6-4-3-5-7-15(8)10(16)9-13-14-11(12)17-9/h8H,2-7H2,1H3. The first-order valence-corrected chi connectivity index (χ1v) is 7.21. The summed E-state index contributed by atoms with van der Waals surface area (Å²) in [7, 11) is 0. The van der Waals surface area contributed by atoms with E-state index in [1.807, 2.05) is 4.90 Å². The number of halogens is 1. The number of aromatic nitrogens is 2. The Morgan fingerprint density at radius 1 is 1.47 bits per heavy atom. The minimum atomic E-state index is -0.0110. The van der Waals surface area contributed by atoms with Gasteiger partial charge in [-0.1, -0.05) is 31.1 Å². The van der Waals surface area contributed by atoms with Gasteiger partial charge in [0, 0.05) is 12.6 Å². The first-order valence-electron chi connectivity index (χ1n) is 6.02. The van der Waals surface area contributed by atoms with Gasteiger partial charge in [0.05, 0.1) is 0 Å². The molecule has 0 saturated carbocycles. The van der Waals surface area contributed by atoms with Crippen LogP contribution in [0.1, 0.15) is 48.8 Å². The smallest absolute Gasteiger partial charge is 0.285 e. The van der Waals surface area contributed by atoms with Crippen molar-refractivity contribution in [1.82, 2.24) is 15.1 Å². The number of hydrogen-bond donors (Lipinski definition) is 0. The molecule has 1 aliphatic rings. The number of likely N-dealkylation sites (tertiary alicyclic amines) is 1. The van der Waals surface area contributed by atoms with Crippen LogP contribution in [0.15, 0.2) is 0 Å². The van der Waals surface area contributed by atoms with Gasteiger partial charge in [-0.3, -0.25) is 4.79 Å². The van der Waals surface area contributed by atoms with Gasteiger partial charge in [0.1, 0.15) is 0 Å². The zero-order valence-corrected chi connectivity index (χ0v) is 11.4. The Bertz CT molecular complexity index is 396. The zero-order chi connectivity index (χ0) is 12.3. The molecular weight excluding hydrogens is 258 g/mol. The molecule has 1 atom stereocenters. The minimum Gasteiger partial charge on any atom is -0.334 e. The molecule has 1 unspecified atom stereocenters. The third kappa shape index (κ3) is 2.96. The van der Waals surface area contributed by atoms with Crippen molar-refractivity contribution in [3.05, 3.63) is 9.47 Å². The molecule has 1 aliphatic heterocycles. The van der Waals surface area contributed by atoms with Crippen LogP contribution < -0.4 is 0 Å². The van der Waals surface area contributed by atoms with Crippen molar-refractivity contribution in [1.29, 1.82) is 0 Å². The maximum absolute atomic E-state index is 12.3. The molecule has 1 fully saturated rings. The van der Waals surface area contributed by atoms with Gasteiger partial charge in [-0.15, -0.1) is 10.2 Å². The predicted octanol–water partition coefficient (Wildman–Crippen LogP) is 2.99. The normalized spacial score (nSPS) is 21.3. The summed E-state index contributed by atoms with van der Waals surface area (Å²) in [6, 6.07) is 0.340. The molecular formula is C11H16ClN3OS. The highest BCUT2D eigenvalue weighted by atomic mass is 35.5. The average molecular weight is 274 g/mol. The lowest BCUT2D eigenvalue weighted by Crippen LogP contribution is -2.39. The Morgan fingerprint density at radius 3 is 2.94 bits per heavy atom. The summed E-state index contributed by atoms with van der Waals surface area (Å²) in [5.41, 5.74) is 0. The molecule has 2 heterocycles. The Morgan fingerprint density at radius 2 is 2.29 bits per heavy atom. The summed E-state index contributed by atoms with van der Waals surface area (Å²) in [5, 5.41) is 7.94. The summed E-state index contributed by atoms with van der Waals surface area (Å²) >= 11 is 6.88. The van der Waals surface area contributed by atoms with Crippen LogP contribution in [0.25, 0.3) is 0 Å². The van der Waals surface area contributed by atoms with Gasteiger partial charge in [-0.2, -0.15) is 0 Å². The van der Waals surface area contributed by atoms with E-state index >= 15 is 0 Å². The van der Waals surface area contributed by atoms with E-state index in [0.717, 1.165) is 37.1 Å². The van der Waals surface area contributed by atoms with Gasteiger partial charge < -0.3 is 4.90 Å². The van der Waals surface area contributed by atoms with E-state index in [-0.39, 0.29) is 5.91 Å². The molecule has 0 spiro atoms. The van der Waals surface area contributed by atoms with Crippen LogP contribution in [0.5, 0.6) is 0 Å². The highest BCUT2D eigenvalue weighted by Crippen LogP contribution is 2.23. The van der Waals surface area contributed by atoms with Crippen molar-refractivity contribution in [2.45, 2.75) is 45.1 Å². The molecule has 4 nitrogen and oxygen atoms in total. The van der Waals surface area contributed by atoms with Crippen LogP contribution in [-0.4, -0.2) is 33.6 Å². The van der Waals surface area contributed by atoms with Crippen molar-refractivity contribution in [2.24, 2.45) is 0 Å². The third-order valence-corrected chi connectivity index (χ3v) is 4.20. The summed E-state index contributed by atoms with van der Waals surface area (Å²) in [4.78, 5) is 14.3. The first-order chi connectivity index (χ1) is 8.22. The molecule has 1 saturated heterocycles. The molecule has 1 aromatic heterocycles. The van der Waals surface area contributed by atoms with Gasteiger partial charge in [0.15, 0.2) is 0 Å². The van der Waals surface area contributed by atoms with E-state index in [2.05, 4.69) is 17.1 Å². The molecule has 17 heavy (non-hydrogen) atoms. The molecule has 94 valence electrons.